The smallest absolute Gasteiger partial charge is 0.243 e. The Morgan fingerprint density at radius 2 is 1.67 bits per heavy atom. The quantitative estimate of drug-likeness (QED) is 0.224. The molecule has 12 nitrogen and oxygen atoms in total. The molecule has 12 heteroatoms. The van der Waals surface area contributed by atoms with Crippen LogP contribution in [-0.4, -0.2) is 104 Å². The molecule has 2 heterocycles. The fraction of sp³-hybridized carbons (Fsp3) is 0.467. The molecule has 2 aromatic rings. The van der Waals surface area contributed by atoms with Gasteiger partial charge in [-0.3, -0.25) is 24.1 Å². The van der Waals surface area contributed by atoms with Crippen molar-refractivity contribution in [1.82, 2.24) is 20.9 Å². The van der Waals surface area contributed by atoms with Crippen molar-refractivity contribution in [3.8, 4) is 11.5 Å². The first-order chi connectivity index (χ1) is 20.2. The molecule has 4 rings (SSSR count). The Morgan fingerprint density at radius 3 is 2.31 bits per heavy atom. The van der Waals surface area contributed by atoms with Crippen LogP contribution in [0.15, 0.2) is 48.5 Å². The largest absolute Gasteiger partial charge is 0.508 e. The first-order valence-corrected chi connectivity index (χ1v) is 14.0. The number of ketones is 1. The summed E-state index contributed by atoms with van der Waals surface area (Å²) in [6, 6.07) is 10.9. The van der Waals surface area contributed by atoms with Crippen molar-refractivity contribution in [3.05, 3.63) is 59.7 Å². The second kappa shape index (κ2) is 14.8. The lowest BCUT2D eigenvalue weighted by atomic mass is 9.99. The Bertz CT molecular complexity index is 1250. The van der Waals surface area contributed by atoms with Crippen LogP contribution in [0.25, 0.3) is 0 Å². The highest BCUT2D eigenvalue weighted by Crippen LogP contribution is 2.25. The minimum Gasteiger partial charge on any atom is -0.508 e. The minimum atomic E-state index is -1.17. The summed E-state index contributed by atoms with van der Waals surface area (Å²) in [4.78, 5) is 54.3. The van der Waals surface area contributed by atoms with Gasteiger partial charge in [0.2, 0.25) is 17.7 Å². The summed E-state index contributed by atoms with van der Waals surface area (Å²) in [6.07, 6.45) is -0.416. The van der Waals surface area contributed by atoms with Crippen molar-refractivity contribution in [2.45, 2.75) is 44.0 Å². The van der Waals surface area contributed by atoms with E-state index in [-0.39, 0.29) is 36.8 Å². The van der Waals surface area contributed by atoms with Crippen molar-refractivity contribution in [3.63, 3.8) is 0 Å². The molecule has 2 aromatic carbocycles. The van der Waals surface area contributed by atoms with Crippen LogP contribution in [0.1, 0.15) is 18.1 Å². The fourth-order valence-electron chi connectivity index (χ4n) is 4.67. The number of nitrogens with zero attached hydrogens (tertiary/aromatic N) is 1. The Labute approximate surface area is 244 Å². The van der Waals surface area contributed by atoms with Crippen molar-refractivity contribution in [1.29, 1.82) is 0 Å². The van der Waals surface area contributed by atoms with Gasteiger partial charge in [0.1, 0.15) is 29.7 Å². The number of morpholine rings is 1. The van der Waals surface area contributed by atoms with Gasteiger partial charge in [-0.1, -0.05) is 36.4 Å². The first-order valence-electron chi connectivity index (χ1n) is 14.0. The Kier molecular flexibility index (Phi) is 10.9. The molecule has 2 fully saturated rings. The van der Waals surface area contributed by atoms with Gasteiger partial charge in [-0.05, 0) is 30.5 Å². The zero-order valence-corrected chi connectivity index (χ0v) is 23.8. The molecule has 42 heavy (non-hydrogen) atoms. The SMILES string of the molecule is COc1ccc(C[C@H](NC(=O)[C@H](C)NC(=O)CN2CCOCC2)C(=O)N[C@@H](Cc2ccccc2)C(=O)[C@H]2CO2)c(O)c1. The third-order valence-corrected chi connectivity index (χ3v) is 7.18. The normalized spacial score (nSPS) is 18.7. The molecule has 226 valence electrons. The number of methoxy groups -OCH3 is 1. The molecular weight excluding hydrogens is 544 g/mol. The zero-order chi connectivity index (χ0) is 30.1. The molecule has 0 aromatic heterocycles. The van der Waals surface area contributed by atoms with E-state index < -0.39 is 36.0 Å². The van der Waals surface area contributed by atoms with Crippen LogP contribution in [0.2, 0.25) is 0 Å². The number of rotatable bonds is 14. The summed E-state index contributed by atoms with van der Waals surface area (Å²) in [7, 11) is 1.47. The average molecular weight is 583 g/mol. The van der Waals surface area contributed by atoms with Gasteiger partial charge in [-0.25, -0.2) is 0 Å². The summed E-state index contributed by atoms with van der Waals surface area (Å²) in [5, 5.41) is 18.7. The number of carbonyl (C=O) groups is 4. The second-order valence-corrected chi connectivity index (χ2v) is 10.4. The van der Waals surface area contributed by atoms with Crippen LogP contribution < -0.4 is 20.7 Å². The highest BCUT2D eigenvalue weighted by atomic mass is 16.6. The number of epoxide rings is 1. The summed E-state index contributed by atoms with van der Waals surface area (Å²) in [5.74, 6) is -1.47. The summed E-state index contributed by atoms with van der Waals surface area (Å²) in [6.45, 7) is 4.27. The van der Waals surface area contributed by atoms with Crippen LogP contribution in [0.4, 0.5) is 0 Å². The fourth-order valence-corrected chi connectivity index (χ4v) is 4.67. The molecule has 0 saturated carbocycles. The molecule has 0 unspecified atom stereocenters. The predicted octanol–water partition coefficient (Wildman–Crippen LogP) is -0.0396. The maximum absolute atomic E-state index is 13.6. The molecule has 4 N–H and O–H groups in total. The summed E-state index contributed by atoms with van der Waals surface area (Å²) >= 11 is 0. The van der Waals surface area contributed by atoms with Gasteiger partial charge in [0, 0.05) is 25.6 Å². The van der Waals surface area contributed by atoms with Crippen molar-refractivity contribution in [2.24, 2.45) is 0 Å². The van der Waals surface area contributed by atoms with Crippen LogP contribution >= 0.6 is 0 Å². The monoisotopic (exact) mass is 582 g/mol. The topological polar surface area (TPSA) is 159 Å². The van der Waals surface area contributed by atoms with Gasteiger partial charge in [0.05, 0.1) is 39.5 Å². The highest BCUT2D eigenvalue weighted by molar-refractivity contribution is 5.96. The molecule has 0 spiro atoms. The number of hydrogen-bond donors (Lipinski definition) is 4. The summed E-state index contributed by atoms with van der Waals surface area (Å²) < 4.78 is 15.6. The van der Waals surface area contributed by atoms with E-state index in [1.165, 1.54) is 20.1 Å². The lowest BCUT2D eigenvalue weighted by molar-refractivity contribution is -0.133. The third-order valence-electron chi connectivity index (χ3n) is 7.18. The number of aromatic hydroxyl groups is 1. The van der Waals surface area contributed by atoms with Crippen LogP contribution in [-0.2, 0) is 41.5 Å². The van der Waals surface area contributed by atoms with E-state index in [9.17, 15) is 24.3 Å². The van der Waals surface area contributed by atoms with E-state index in [0.29, 0.717) is 44.2 Å². The molecule has 2 aliphatic heterocycles. The van der Waals surface area contributed by atoms with E-state index in [1.54, 1.807) is 12.1 Å². The van der Waals surface area contributed by atoms with Crippen LogP contribution in [0.3, 0.4) is 0 Å². The maximum Gasteiger partial charge on any atom is 0.243 e. The Morgan fingerprint density at radius 1 is 0.976 bits per heavy atom. The molecule has 0 bridgehead atoms. The predicted molar refractivity (Wildman–Crippen MR) is 152 cm³/mol. The van der Waals surface area contributed by atoms with Crippen LogP contribution in [0, 0.1) is 0 Å². The Hall–Kier alpha value is -4.00. The number of carbonyl (C=O) groups excluding carboxylic acids is 4. The highest BCUT2D eigenvalue weighted by Gasteiger charge is 2.38. The Balaban J connectivity index is 1.47. The molecule has 2 aliphatic rings. The number of hydrogen-bond acceptors (Lipinski definition) is 9. The standard InChI is InChI=1S/C30H38N4O8/c1-19(31-27(36)17-34-10-12-41-13-11-34)29(38)33-24(15-21-8-9-22(40-2)16-25(21)35)30(39)32-23(28(37)26-18-42-26)14-20-6-4-3-5-7-20/h3-9,16,19,23-24,26,35H,10-15,17-18H2,1-2H3,(H,31,36)(H,32,39)(H,33,38)/t19-,23-,24-,26+/m0/s1. The second-order valence-electron chi connectivity index (χ2n) is 10.4. The molecule has 0 aliphatic carbocycles. The number of ether oxygens (including phenoxy) is 3. The number of phenols is 1. The molecule has 3 amide bonds. The van der Waals surface area contributed by atoms with Gasteiger partial charge in [-0.15, -0.1) is 0 Å². The van der Waals surface area contributed by atoms with Crippen LogP contribution in [0.5, 0.6) is 11.5 Å². The van der Waals surface area contributed by atoms with Gasteiger partial charge >= 0.3 is 0 Å². The van der Waals surface area contributed by atoms with Gasteiger partial charge in [-0.2, -0.15) is 0 Å². The van der Waals surface area contributed by atoms with Crippen molar-refractivity contribution in [2.75, 3.05) is 46.6 Å². The van der Waals surface area contributed by atoms with E-state index in [1.807, 2.05) is 35.2 Å². The van der Waals surface area contributed by atoms with Gasteiger partial charge in [0.25, 0.3) is 0 Å². The zero-order valence-electron chi connectivity index (χ0n) is 23.8. The molecular formula is C30H38N4O8. The van der Waals surface area contributed by atoms with Gasteiger partial charge < -0.3 is 35.3 Å². The molecule has 4 atom stereocenters. The number of Topliss-reactive ketones (excluding diaryl/α,β-unsaturated/α-hetero) is 1. The first kappa shape index (κ1) is 30.9. The number of amides is 3. The number of nitrogens with one attached hydrogen (secondary N) is 3. The average Bonchev–Trinajstić information content (AvgIpc) is 3.83. The van der Waals surface area contributed by atoms with Gasteiger partial charge in [0.15, 0.2) is 5.78 Å². The molecule has 0 radical (unpaired) electrons. The number of phenolic OH excluding ortho intramolecular Hbond substituents is 1. The number of benzene rings is 2. The van der Waals surface area contributed by atoms with Crippen molar-refractivity contribution >= 4 is 23.5 Å². The van der Waals surface area contributed by atoms with E-state index in [4.69, 9.17) is 14.2 Å². The van der Waals surface area contributed by atoms with Crippen molar-refractivity contribution < 1.29 is 38.5 Å². The van der Waals surface area contributed by atoms with E-state index in [0.717, 1.165) is 5.56 Å². The molecule has 2 saturated heterocycles. The summed E-state index contributed by atoms with van der Waals surface area (Å²) in [5.41, 5.74) is 1.23. The lowest BCUT2D eigenvalue weighted by Gasteiger charge is -2.27. The van der Waals surface area contributed by atoms with E-state index >= 15 is 0 Å². The maximum atomic E-state index is 13.6. The minimum absolute atomic E-state index is 0.0754. The lowest BCUT2D eigenvalue weighted by Crippen LogP contribution is -2.57. The van der Waals surface area contributed by atoms with E-state index in [2.05, 4.69) is 16.0 Å². The third kappa shape index (κ3) is 9.00.